The molecule has 2 N–H and O–H groups in total. The number of amides is 1. The van der Waals surface area contributed by atoms with Gasteiger partial charge < -0.3 is 19.9 Å². The molecule has 2 aromatic carbocycles. The number of sulfone groups is 1. The highest BCUT2D eigenvalue weighted by Gasteiger charge is 2.53. The summed E-state index contributed by atoms with van der Waals surface area (Å²) in [4.78, 5) is 28.6. The van der Waals surface area contributed by atoms with E-state index in [2.05, 4.69) is 10.3 Å². The number of carboxylic acids is 1. The van der Waals surface area contributed by atoms with Crippen molar-refractivity contribution in [1.29, 1.82) is 0 Å². The molecule has 3 aliphatic rings. The lowest BCUT2D eigenvalue weighted by Crippen LogP contribution is -2.56. The smallest absolute Gasteiger partial charge is 0.327 e. The fourth-order valence-electron chi connectivity index (χ4n) is 4.08. The first-order chi connectivity index (χ1) is 16.8. The standard InChI is InChI=1S/C12H11N3O5S2.C12H11N/c16-9-7(10-15(9)8(5-21-10)11(17)18)3-6-4-14-1-2-22(19,20)12(14)13-6;1-3-7-11(8-4-1)13-12-9-5-2-6-10-12/h3-4,8,10H,1-2,5H2,(H,17,18);1-10,13H/b7-3-;/t8?,10-;/m1./s1. The van der Waals surface area contributed by atoms with Crippen LogP contribution in [0.2, 0.25) is 0 Å². The number of carbonyl (C=O) groups is 2. The number of hydrogen-bond donors (Lipinski definition) is 2. The van der Waals surface area contributed by atoms with E-state index in [9.17, 15) is 18.0 Å². The van der Waals surface area contributed by atoms with Crippen LogP contribution in [0.1, 0.15) is 5.69 Å². The van der Waals surface area contributed by atoms with Crippen LogP contribution in [0.3, 0.4) is 0 Å². The molecular formula is C24H22N4O5S2. The molecule has 9 nitrogen and oxygen atoms in total. The largest absolute Gasteiger partial charge is 0.480 e. The van der Waals surface area contributed by atoms with Crippen LogP contribution < -0.4 is 5.32 Å². The Labute approximate surface area is 206 Å². The Morgan fingerprint density at radius 2 is 1.71 bits per heavy atom. The minimum atomic E-state index is -3.32. The number of para-hydroxylation sites is 2. The van der Waals surface area contributed by atoms with E-state index < -0.39 is 21.8 Å². The third-order valence-electron chi connectivity index (χ3n) is 5.81. The van der Waals surface area contributed by atoms with Crippen molar-refractivity contribution >= 4 is 50.9 Å². The number of rotatable bonds is 4. The average molecular weight is 511 g/mol. The maximum Gasteiger partial charge on any atom is 0.327 e. The summed E-state index contributed by atoms with van der Waals surface area (Å²) in [6.45, 7) is 0.368. The lowest BCUT2D eigenvalue weighted by Gasteiger charge is -2.38. The predicted molar refractivity (Wildman–Crippen MR) is 133 cm³/mol. The van der Waals surface area contributed by atoms with Crippen LogP contribution in [-0.2, 0) is 26.0 Å². The Bertz CT molecular complexity index is 1370. The molecule has 2 saturated heterocycles. The number of anilines is 2. The van der Waals surface area contributed by atoms with Crippen molar-refractivity contribution in [2.45, 2.75) is 23.1 Å². The highest BCUT2D eigenvalue weighted by Crippen LogP contribution is 2.43. The first kappa shape index (κ1) is 23.2. The van der Waals surface area contributed by atoms with Crippen molar-refractivity contribution in [2.75, 3.05) is 16.8 Å². The van der Waals surface area contributed by atoms with Crippen LogP contribution in [0, 0.1) is 0 Å². The molecule has 35 heavy (non-hydrogen) atoms. The SMILES string of the molecule is O=C(O)C1CS[C@@H]2/C(=C\c3cn4c(n3)S(=O)(=O)CC4)C(=O)N12.c1ccc(Nc2ccccc2)cc1. The number of aryl methyl sites for hydroxylation is 1. The zero-order valence-electron chi connectivity index (χ0n) is 18.4. The van der Waals surface area contributed by atoms with Gasteiger partial charge in [0.25, 0.3) is 5.91 Å². The van der Waals surface area contributed by atoms with Gasteiger partial charge in [0.1, 0.15) is 11.4 Å². The van der Waals surface area contributed by atoms with E-state index in [0.29, 0.717) is 23.6 Å². The number of fused-ring (bicyclic) bond motifs is 2. The Morgan fingerprint density at radius 3 is 2.29 bits per heavy atom. The first-order valence-electron chi connectivity index (χ1n) is 10.9. The van der Waals surface area contributed by atoms with Gasteiger partial charge in [-0.3, -0.25) is 4.79 Å². The van der Waals surface area contributed by atoms with Gasteiger partial charge in [0, 0.05) is 29.9 Å². The minimum Gasteiger partial charge on any atom is -0.480 e. The van der Waals surface area contributed by atoms with Gasteiger partial charge in [0.2, 0.25) is 15.0 Å². The van der Waals surface area contributed by atoms with E-state index in [0.717, 1.165) is 11.4 Å². The monoisotopic (exact) mass is 510 g/mol. The van der Waals surface area contributed by atoms with Crippen LogP contribution in [0.5, 0.6) is 0 Å². The Balaban J connectivity index is 0.000000166. The molecule has 2 fully saturated rings. The number of imidazole rings is 1. The number of carboxylic acid groups (broad SMARTS) is 1. The topological polar surface area (TPSA) is 122 Å². The molecule has 6 rings (SSSR count). The fraction of sp³-hybridized carbons (Fsp3) is 0.208. The molecule has 0 bridgehead atoms. The molecule has 180 valence electrons. The molecule has 0 radical (unpaired) electrons. The summed E-state index contributed by atoms with van der Waals surface area (Å²) in [6, 6.07) is 19.5. The molecule has 0 aliphatic carbocycles. The van der Waals surface area contributed by atoms with Crippen LogP contribution in [0.25, 0.3) is 6.08 Å². The second-order valence-electron chi connectivity index (χ2n) is 8.17. The van der Waals surface area contributed by atoms with Gasteiger partial charge in [-0.1, -0.05) is 36.4 Å². The Morgan fingerprint density at radius 1 is 1.09 bits per heavy atom. The number of aliphatic carboxylic acids is 1. The van der Waals surface area contributed by atoms with E-state index in [1.807, 2.05) is 60.7 Å². The Hall–Kier alpha value is -3.57. The maximum atomic E-state index is 12.1. The van der Waals surface area contributed by atoms with E-state index in [4.69, 9.17) is 5.11 Å². The molecule has 1 unspecified atom stereocenters. The number of aromatic nitrogens is 2. The van der Waals surface area contributed by atoms with Crippen molar-refractivity contribution in [3.63, 3.8) is 0 Å². The molecule has 11 heteroatoms. The van der Waals surface area contributed by atoms with Gasteiger partial charge >= 0.3 is 5.97 Å². The van der Waals surface area contributed by atoms with E-state index in [1.165, 1.54) is 16.7 Å². The molecule has 3 aromatic rings. The lowest BCUT2D eigenvalue weighted by atomic mass is 10.0. The second kappa shape index (κ2) is 9.23. The first-order valence-corrected chi connectivity index (χ1v) is 13.6. The normalized spacial score (nSPS) is 22.6. The highest BCUT2D eigenvalue weighted by atomic mass is 32.2. The van der Waals surface area contributed by atoms with Crippen LogP contribution >= 0.6 is 11.8 Å². The Kier molecular flexibility index (Phi) is 6.12. The van der Waals surface area contributed by atoms with Gasteiger partial charge in [-0.05, 0) is 30.3 Å². The number of thioether (sulfide) groups is 1. The molecule has 1 amide bonds. The quantitative estimate of drug-likeness (QED) is 0.406. The number of benzene rings is 2. The molecular weight excluding hydrogens is 488 g/mol. The maximum absolute atomic E-state index is 12.1. The van der Waals surface area contributed by atoms with Crippen LogP contribution in [0.15, 0.2) is 77.6 Å². The fourth-order valence-corrected chi connectivity index (χ4v) is 6.87. The van der Waals surface area contributed by atoms with Gasteiger partial charge in [0.05, 0.1) is 17.0 Å². The second-order valence-corrected chi connectivity index (χ2v) is 11.3. The number of β-lactam (4-membered cyclic amide) rings is 1. The van der Waals surface area contributed by atoms with Crippen molar-refractivity contribution < 1.29 is 23.1 Å². The van der Waals surface area contributed by atoms with Gasteiger partial charge in [-0.25, -0.2) is 18.2 Å². The van der Waals surface area contributed by atoms with Gasteiger partial charge in [-0.15, -0.1) is 11.8 Å². The summed E-state index contributed by atoms with van der Waals surface area (Å²) in [5, 5.41) is 12.1. The molecule has 3 aliphatic heterocycles. The summed E-state index contributed by atoms with van der Waals surface area (Å²) in [7, 11) is -3.32. The van der Waals surface area contributed by atoms with Crippen molar-refractivity contribution in [3.05, 3.63) is 78.1 Å². The van der Waals surface area contributed by atoms with Crippen molar-refractivity contribution in [2.24, 2.45) is 0 Å². The molecule has 0 spiro atoms. The van der Waals surface area contributed by atoms with Crippen LogP contribution in [0.4, 0.5) is 11.4 Å². The van der Waals surface area contributed by atoms with E-state index in [1.54, 1.807) is 16.8 Å². The van der Waals surface area contributed by atoms with Crippen molar-refractivity contribution in [1.82, 2.24) is 14.5 Å². The lowest BCUT2D eigenvalue weighted by molar-refractivity contribution is -0.150. The zero-order chi connectivity index (χ0) is 24.6. The average Bonchev–Trinajstić information content (AvgIpc) is 3.52. The molecule has 0 saturated carbocycles. The summed E-state index contributed by atoms with van der Waals surface area (Å²) in [5.74, 6) is -0.915. The summed E-state index contributed by atoms with van der Waals surface area (Å²) in [6.07, 6.45) is 3.17. The number of hydrogen-bond acceptors (Lipinski definition) is 7. The number of carbonyl (C=O) groups excluding carboxylic acids is 1. The zero-order valence-corrected chi connectivity index (χ0v) is 20.1. The molecule has 4 heterocycles. The molecule has 2 atom stereocenters. The van der Waals surface area contributed by atoms with Gasteiger partial charge in [-0.2, -0.15) is 0 Å². The van der Waals surface area contributed by atoms with Gasteiger partial charge in [0.15, 0.2) is 0 Å². The van der Waals surface area contributed by atoms with Crippen molar-refractivity contribution in [3.8, 4) is 0 Å². The summed E-state index contributed by atoms with van der Waals surface area (Å²) < 4.78 is 25.1. The number of nitrogens with zero attached hydrogens (tertiary/aromatic N) is 3. The predicted octanol–water partition coefficient (Wildman–Crippen LogP) is 2.85. The third-order valence-corrected chi connectivity index (χ3v) is 8.72. The third kappa shape index (κ3) is 4.56. The number of nitrogens with one attached hydrogen (secondary N) is 1. The summed E-state index contributed by atoms with van der Waals surface area (Å²) in [5.41, 5.74) is 3.13. The summed E-state index contributed by atoms with van der Waals surface area (Å²) >= 11 is 1.39. The highest BCUT2D eigenvalue weighted by molar-refractivity contribution is 8.00. The minimum absolute atomic E-state index is 0.0328. The van der Waals surface area contributed by atoms with E-state index in [-0.39, 0.29) is 22.2 Å². The van der Waals surface area contributed by atoms with E-state index >= 15 is 0 Å². The van der Waals surface area contributed by atoms with Crippen LogP contribution in [-0.4, -0.2) is 62.8 Å². The molecule has 1 aromatic heterocycles.